The van der Waals surface area contributed by atoms with Gasteiger partial charge in [0.15, 0.2) is 0 Å². The Hall–Kier alpha value is -2.91. The minimum absolute atomic E-state index is 0.196. The Labute approximate surface area is 263 Å². The highest BCUT2D eigenvalue weighted by atomic mass is 79.9. The van der Waals surface area contributed by atoms with Crippen LogP contribution in [0.4, 0.5) is 5.69 Å². The van der Waals surface area contributed by atoms with Crippen LogP contribution in [0.25, 0.3) is 10.9 Å². The van der Waals surface area contributed by atoms with Gasteiger partial charge in [0.2, 0.25) is 11.8 Å². The van der Waals surface area contributed by atoms with Crippen LogP contribution in [0.15, 0.2) is 40.9 Å². The Bertz CT molecular complexity index is 1470. The molecule has 1 aliphatic carbocycles. The maximum atomic E-state index is 12.5. The summed E-state index contributed by atoms with van der Waals surface area (Å²) in [5.41, 5.74) is 4.19. The maximum absolute atomic E-state index is 12.5. The molecule has 2 aromatic carbocycles. The Morgan fingerprint density at radius 3 is 2.56 bits per heavy atom. The molecule has 1 saturated carbocycles. The van der Waals surface area contributed by atoms with Gasteiger partial charge in [-0.05, 0) is 95.0 Å². The summed E-state index contributed by atoms with van der Waals surface area (Å²) >= 11 is 3.62. The molecular formula is C34H44BrN5O3. The van der Waals surface area contributed by atoms with Gasteiger partial charge in [-0.1, -0.05) is 22.0 Å². The monoisotopic (exact) mass is 649 g/mol. The van der Waals surface area contributed by atoms with E-state index in [1.807, 2.05) is 11.7 Å². The van der Waals surface area contributed by atoms with Crippen molar-refractivity contribution in [2.75, 3.05) is 31.1 Å². The molecule has 43 heavy (non-hydrogen) atoms. The fourth-order valence-electron chi connectivity index (χ4n) is 7.20. The molecule has 3 aromatic rings. The molecular weight excluding hydrogens is 606 g/mol. The maximum Gasteiger partial charge on any atom is 0.235 e. The number of imide groups is 1. The molecule has 2 saturated heterocycles. The summed E-state index contributed by atoms with van der Waals surface area (Å²) in [7, 11) is 1.93. The van der Waals surface area contributed by atoms with Crippen molar-refractivity contribution in [1.82, 2.24) is 20.0 Å². The molecule has 1 aromatic heterocycles. The van der Waals surface area contributed by atoms with Gasteiger partial charge in [-0.3, -0.25) is 24.5 Å². The van der Waals surface area contributed by atoms with E-state index in [2.05, 4.69) is 81.3 Å². The van der Waals surface area contributed by atoms with E-state index >= 15 is 0 Å². The standard InChI is InChI=1S/C34H44BrN5O3/c1-22(7-8-24-9-12-26(13-10-24)43-31-6-4-5-29(35)23(31)2)39-17-19-40(20-18-39)25-11-14-27-30(21-25)38(3)37-33(27)28-15-16-32(41)36-34(28)42/h4-6,11,14,21-22,24,26,28H,7-10,12-13,15-20H2,1-3H3,(H,36,41,42)/t22-,24?,26?,28-/m1/s1. The van der Waals surface area contributed by atoms with Crippen molar-refractivity contribution in [3.63, 3.8) is 0 Å². The van der Waals surface area contributed by atoms with E-state index in [4.69, 9.17) is 9.84 Å². The minimum atomic E-state index is -0.373. The highest BCUT2D eigenvalue weighted by Gasteiger charge is 2.32. The number of carbonyl (C=O) groups is 2. The summed E-state index contributed by atoms with van der Waals surface area (Å²) in [4.78, 5) is 29.2. The number of aryl methyl sites for hydroxylation is 1. The number of piperazine rings is 1. The first-order chi connectivity index (χ1) is 20.8. The van der Waals surface area contributed by atoms with E-state index in [1.54, 1.807) is 0 Å². The van der Waals surface area contributed by atoms with Crippen LogP contribution in [-0.4, -0.2) is 64.8 Å². The van der Waals surface area contributed by atoms with E-state index in [0.29, 0.717) is 25.0 Å². The van der Waals surface area contributed by atoms with Crippen LogP contribution in [0.3, 0.4) is 0 Å². The number of rotatable bonds is 8. The van der Waals surface area contributed by atoms with Crippen molar-refractivity contribution in [3.8, 4) is 5.75 Å². The van der Waals surface area contributed by atoms with E-state index < -0.39 is 0 Å². The molecule has 3 heterocycles. The smallest absolute Gasteiger partial charge is 0.235 e. The fourth-order valence-corrected chi connectivity index (χ4v) is 7.54. The molecule has 0 radical (unpaired) electrons. The number of anilines is 1. The number of halogens is 1. The second-order valence-corrected chi connectivity index (χ2v) is 13.6. The van der Waals surface area contributed by atoms with Crippen LogP contribution >= 0.6 is 15.9 Å². The molecule has 2 atom stereocenters. The van der Waals surface area contributed by atoms with Gasteiger partial charge < -0.3 is 9.64 Å². The summed E-state index contributed by atoms with van der Waals surface area (Å²) < 4.78 is 9.36. The van der Waals surface area contributed by atoms with Gasteiger partial charge in [0, 0.05) is 66.8 Å². The summed E-state index contributed by atoms with van der Waals surface area (Å²) in [5, 5.41) is 8.18. The first-order valence-electron chi connectivity index (χ1n) is 16.0. The molecule has 0 bridgehead atoms. The van der Waals surface area contributed by atoms with Crippen LogP contribution in [0, 0.1) is 12.8 Å². The van der Waals surface area contributed by atoms with E-state index in [9.17, 15) is 9.59 Å². The van der Waals surface area contributed by atoms with Crippen molar-refractivity contribution in [2.45, 2.75) is 83.3 Å². The normalized spacial score (nSPS) is 24.3. The summed E-state index contributed by atoms with van der Waals surface area (Å²) in [6, 6.07) is 13.3. The number of piperidine rings is 1. The van der Waals surface area contributed by atoms with Crippen molar-refractivity contribution >= 4 is 44.3 Å². The Kier molecular flexibility index (Phi) is 9.10. The predicted molar refractivity (Wildman–Crippen MR) is 174 cm³/mol. The third kappa shape index (κ3) is 6.63. The molecule has 0 unspecified atom stereocenters. The number of nitrogens with one attached hydrogen (secondary N) is 1. The fraction of sp³-hybridized carbons (Fsp3) is 0.559. The lowest BCUT2D eigenvalue weighted by Gasteiger charge is -2.39. The van der Waals surface area contributed by atoms with Crippen molar-refractivity contribution in [2.24, 2.45) is 13.0 Å². The zero-order chi connectivity index (χ0) is 30.1. The summed E-state index contributed by atoms with van der Waals surface area (Å²) in [6.45, 7) is 8.67. The topological polar surface area (TPSA) is 79.7 Å². The Morgan fingerprint density at radius 1 is 1.05 bits per heavy atom. The van der Waals surface area contributed by atoms with Gasteiger partial charge in [0.25, 0.3) is 0 Å². The quantitative estimate of drug-likeness (QED) is 0.298. The molecule has 3 fully saturated rings. The summed E-state index contributed by atoms with van der Waals surface area (Å²) in [6.07, 6.45) is 8.60. The molecule has 3 aliphatic rings. The number of hydrogen-bond donors (Lipinski definition) is 1. The second kappa shape index (κ2) is 13.0. The lowest BCUT2D eigenvalue weighted by Crippen LogP contribution is -2.49. The molecule has 230 valence electrons. The van der Waals surface area contributed by atoms with Crippen LogP contribution in [0.2, 0.25) is 0 Å². The number of carbonyl (C=O) groups excluding carboxylic acids is 2. The number of ether oxygens (including phenoxy) is 1. The molecule has 0 spiro atoms. The lowest BCUT2D eigenvalue weighted by atomic mass is 9.83. The molecule has 2 amide bonds. The van der Waals surface area contributed by atoms with Gasteiger partial charge in [0.05, 0.1) is 23.2 Å². The highest BCUT2D eigenvalue weighted by molar-refractivity contribution is 9.10. The number of aromatic nitrogens is 2. The molecule has 1 N–H and O–H groups in total. The SMILES string of the molecule is Cc1c(Br)cccc1OC1CCC(CC[C@@H](C)N2CCN(c3ccc4c([C@H]5CCC(=O)NC5=O)nn(C)c4c3)CC2)CC1. The number of nitrogens with zero attached hydrogens (tertiary/aromatic N) is 4. The number of hydrogen-bond acceptors (Lipinski definition) is 6. The first kappa shape index (κ1) is 30.1. The average Bonchev–Trinajstić information content (AvgIpc) is 3.34. The van der Waals surface area contributed by atoms with E-state index in [-0.39, 0.29) is 17.7 Å². The number of benzene rings is 2. The third-order valence-electron chi connectivity index (χ3n) is 10.0. The zero-order valence-corrected chi connectivity index (χ0v) is 27.2. The van der Waals surface area contributed by atoms with Crippen molar-refractivity contribution < 1.29 is 14.3 Å². The van der Waals surface area contributed by atoms with Crippen LogP contribution in [0.5, 0.6) is 5.75 Å². The van der Waals surface area contributed by atoms with Gasteiger partial charge in [-0.15, -0.1) is 0 Å². The molecule has 6 rings (SSSR count). The van der Waals surface area contributed by atoms with Crippen LogP contribution in [-0.2, 0) is 16.6 Å². The molecule has 8 nitrogen and oxygen atoms in total. The molecule has 9 heteroatoms. The van der Waals surface area contributed by atoms with Gasteiger partial charge in [0.1, 0.15) is 5.75 Å². The van der Waals surface area contributed by atoms with Gasteiger partial charge in [-0.25, -0.2) is 0 Å². The average molecular weight is 651 g/mol. The van der Waals surface area contributed by atoms with Crippen molar-refractivity contribution in [3.05, 3.63) is 52.1 Å². The second-order valence-electron chi connectivity index (χ2n) is 12.8. The van der Waals surface area contributed by atoms with Gasteiger partial charge >= 0.3 is 0 Å². The van der Waals surface area contributed by atoms with Gasteiger partial charge in [-0.2, -0.15) is 5.10 Å². The van der Waals surface area contributed by atoms with E-state index in [0.717, 1.165) is 71.8 Å². The Balaban J connectivity index is 0.971. The zero-order valence-electron chi connectivity index (χ0n) is 25.7. The van der Waals surface area contributed by atoms with Crippen molar-refractivity contribution in [1.29, 1.82) is 0 Å². The van der Waals surface area contributed by atoms with E-state index in [1.165, 1.54) is 36.9 Å². The number of amides is 2. The Morgan fingerprint density at radius 2 is 1.81 bits per heavy atom. The summed E-state index contributed by atoms with van der Waals surface area (Å²) in [5.74, 6) is 1.02. The lowest BCUT2D eigenvalue weighted by molar-refractivity contribution is -0.134. The third-order valence-corrected chi connectivity index (χ3v) is 10.9. The van der Waals surface area contributed by atoms with Crippen LogP contribution in [0.1, 0.15) is 75.5 Å². The predicted octanol–water partition coefficient (Wildman–Crippen LogP) is 6.09. The highest BCUT2D eigenvalue weighted by Crippen LogP contribution is 2.35. The van der Waals surface area contributed by atoms with Crippen LogP contribution < -0.4 is 15.0 Å². The minimum Gasteiger partial charge on any atom is -0.490 e. The first-order valence-corrected chi connectivity index (χ1v) is 16.8. The largest absolute Gasteiger partial charge is 0.490 e. The number of fused-ring (bicyclic) bond motifs is 1. The molecule has 2 aliphatic heterocycles.